The van der Waals surface area contributed by atoms with Crippen molar-refractivity contribution in [2.75, 3.05) is 6.61 Å². The van der Waals surface area contributed by atoms with Crippen molar-refractivity contribution in [1.82, 2.24) is 0 Å². The Labute approximate surface area is 98.7 Å². The molecule has 2 nitrogen and oxygen atoms in total. The number of nitrogens with two attached hydrogens (primary N) is 1. The topological polar surface area (TPSA) is 46.2 Å². The van der Waals surface area contributed by atoms with Crippen LogP contribution in [0.3, 0.4) is 0 Å². The van der Waals surface area contributed by atoms with E-state index in [1.807, 2.05) is 0 Å². The zero-order chi connectivity index (χ0) is 10.1. The van der Waals surface area contributed by atoms with Crippen LogP contribution in [0.25, 0.3) is 0 Å². The Morgan fingerprint density at radius 2 is 2.21 bits per heavy atom. The van der Waals surface area contributed by atoms with Gasteiger partial charge in [0.2, 0.25) is 0 Å². The molecule has 0 spiro atoms. The Hall–Kier alpha value is 0.250. The fourth-order valence-electron chi connectivity index (χ4n) is 0.817. The molecule has 0 aliphatic rings. The maximum absolute atomic E-state index is 12.9. The molecule has 0 amide bonds. The first kappa shape index (κ1) is 14.2. The van der Waals surface area contributed by atoms with E-state index in [1.165, 1.54) is 0 Å². The third-order valence-corrected chi connectivity index (χ3v) is 3.55. The van der Waals surface area contributed by atoms with Gasteiger partial charge in [-0.05, 0) is 27.4 Å². The van der Waals surface area contributed by atoms with Gasteiger partial charge in [-0.3, -0.25) is 0 Å². The monoisotopic (exact) mass is 307 g/mol. The second-order valence-corrected chi connectivity index (χ2v) is 4.33. The summed E-state index contributed by atoms with van der Waals surface area (Å²) in [5.74, 6) is -3.27. The van der Waals surface area contributed by atoms with E-state index in [0.29, 0.717) is 9.35 Å². The van der Waals surface area contributed by atoms with E-state index in [4.69, 9.17) is 10.8 Å². The standard InChI is InChI=1S/C7H8BrF2NOS.ClH/c8-4-1-2-13-5(4)6(11)7(9,10)3-12;/h1-2,6,12H,3,11H2;1H/t6-;/m1./s1. The lowest BCUT2D eigenvalue weighted by atomic mass is 10.1. The van der Waals surface area contributed by atoms with E-state index in [1.54, 1.807) is 11.4 Å². The van der Waals surface area contributed by atoms with Crippen molar-refractivity contribution in [3.63, 3.8) is 0 Å². The molecule has 0 fully saturated rings. The number of hydrogen-bond donors (Lipinski definition) is 2. The molecule has 7 heteroatoms. The third kappa shape index (κ3) is 2.87. The first-order valence-electron chi connectivity index (χ1n) is 3.46. The molecule has 1 rings (SSSR count). The van der Waals surface area contributed by atoms with E-state index >= 15 is 0 Å². The number of alkyl halides is 2. The summed E-state index contributed by atoms with van der Waals surface area (Å²) in [6.07, 6.45) is 0. The Bertz CT molecular complexity index is 297. The lowest BCUT2D eigenvalue weighted by Gasteiger charge is -2.20. The zero-order valence-electron chi connectivity index (χ0n) is 6.91. The minimum absolute atomic E-state index is 0. The molecular weight excluding hydrogens is 300 g/mol. The van der Waals surface area contributed by atoms with Gasteiger partial charge in [0, 0.05) is 9.35 Å². The van der Waals surface area contributed by atoms with Crippen LogP contribution in [-0.4, -0.2) is 17.6 Å². The molecule has 0 unspecified atom stereocenters. The summed E-state index contributed by atoms with van der Waals surface area (Å²) in [5, 5.41) is 10.1. The predicted molar refractivity (Wildman–Crippen MR) is 58.2 cm³/mol. The van der Waals surface area contributed by atoms with Crippen molar-refractivity contribution >= 4 is 39.7 Å². The zero-order valence-corrected chi connectivity index (χ0v) is 10.1. The van der Waals surface area contributed by atoms with Gasteiger partial charge in [-0.25, -0.2) is 8.78 Å². The Morgan fingerprint density at radius 1 is 1.64 bits per heavy atom. The molecule has 14 heavy (non-hydrogen) atoms. The van der Waals surface area contributed by atoms with Crippen LogP contribution in [0.1, 0.15) is 10.9 Å². The van der Waals surface area contributed by atoms with E-state index in [9.17, 15) is 8.78 Å². The van der Waals surface area contributed by atoms with Gasteiger partial charge in [0.1, 0.15) is 12.6 Å². The molecule has 1 aromatic rings. The van der Waals surface area contributed by atoms with Crippen molar-refractivity contribution in [3.8, 4) is 0 Å². The largest absolute Gasteiger partial charge is 0.390 e. The van der Waals surface area contributed by atoms with Crippen molar-refractivity contribution < 1.29 is 13.9 Å². The number of thiophene rings is 1. The summed E-state index contributed by atoms with van der Waals surface area (Å²) >= 11 is 4.24. The van der Waals surface area contributed by atoms with Crippen LogP contribution in [0.4, 0.5) is 8.78 Å². The SMILES string of the molecule is Cl.N[C@H](c1sccc1Br)C(F)(F)CO. The average molecular weight is 309 g/mol. The summed E-state index contributed by atoms with van der Waals surface area (Å²) in [6, 6.07) is 0.194. The molecule has 0 saturated heterocycles. The van der Waals surface area contributed by atoms with E-state index in [-0.39, 0.29) is 12.4 Å². The highest BCUT2D eigenvalue weighted by atomic mass is 79.9. The number of aliphatic hydroxyl groups is 1. The van der Waals surface area contributed by atoms with Crippen LogP contribution in [0, 0.1) is 0 Å². The van der Waals surface area contributed by atoms with Gasteiger partial charge in [-0.1, -0.05) is 0 Å². The average Bonchev–Trinajstić information content (AvgIpc) is 2.50. The highest BCUT2D eigenvalue weighted by Crippen LogP contribution is 2.36. The van der Waals surface area contributed by atoms with Gasteiger partial charge in [0.25, 0.3) is 5.92 Å². The van der Waals surface area contributed by atoms with Crippen LogP contribution in [-0.2, 0) is 0 Å². The van der Waals surface area contributed by atoms with Crippen LogP contribution in [0.5, 0.6) is 0 Å². The first-order valence-corrected chi connectivity index (χ1v) is 5.13. The lowest BCUT2D eigenvalue weighted by Crippen LogP contribution is -2.35. The van der Waals surface area contributed by atoms with Gasteiger partial charge in [0.05, 0.1) is 0 Å². The van der Waals surface area contributed by atoms with Gasteiger partial charge in [0.15, 0.2) is 0 Å². The molecule has 1 atom stereocenters. The van der Waals surface area contributed by atoms with Crippen molar-refractivity contribution in [2.45, 2.75) is 12.0 Å². The Kier molecular flexibility index (Phi) is 5.46. The highest BCUT2D eigenvalue weighted by molar-refractivity contribution is 9.10. The molecule has 0 saturated carbocycles. The van der Waals surface area contributed by atoms with Gasteiger partial charge in [-0.2, -0.15) is 0 Å². The molecule has 0 bridgehead atoms. The third-order valence-electron chi connectivity index (χ3n) is 1.59. The van der Waals surface area contributed by atoms with Crippen LogP contribution >= 0.6 is 39.7 Å². The predicted octanol–water partition coefficient (Wildman–Crippen LogP) is 2.56. The van der Waals surface area contributed by atoms with Crippen LogP contribution < -0.4 is 5.73 Å². The normalized spacial score (nSPS) is 13.5. The Morgan fingerprint density at radius 3 is 2.57 bits per heavy atom. The molecule has 0 aliphatic heterocycles. The molecule has 82 valence electrons. The second-order valence-electron chi connectivity index (χ2n) is 2.53. The fraction of sp³-hybridized carbons (Fsp3) is 0.429. The van der Waals surface area contributed by atoms with Crippen molar-refractivity contribution in [3.05, 3.63) is 20.8 Å². The number of halogens is 4. The molecule has 3 N–H and O–H groups in total. The molecule has 0 aliphatic carbocycles. The minimum Gasteiger partial charge on any atom is -0.390 e. The minimum atomic E-state index is -3.27. The molecule has 0 radical (unpaired) electrons. The smallest absolute Gasteiger partial charge is 0.290 e. The first-order chi connectivity index (χ1) is 5.99. The summed E-state index contributed by atoms with van der Waals surface area (Å²) in [4.78, 5) is 0.346. The summed E-state index contributed by atoms with van der Waals surface area (Å²) in [5.41, 5.74) is 5.30. The maximum atomic E-state index is 12.9. The van der Waals surface area contributed by atoms with Crippen LogP contribution in [0.15, 0.2) is 15.9 Å². The maximum Gasteiger partial charge on any atom is 0.290 e. The second kappa shape index (κ2) is 5.37. The summed E-state index contributed by atoms with van der Waals surface area (Å²) in [6.45, 7) is -1.24. The lowest BCUT2D eigenvalue weighted by molar-refractivity contribution is -0.0705. The fourth-order valence-corrected chi connectivity index (χ4v) is 2.50. The molecule has 0 aromatic carbocycles. The molecule has 1 heterocycles. The van der Waals surface area contributed by atoms with Gasteiger partial charge >= 0.3 is 0 Å². The summed E-state index contributed by atoms with van der Waals surface area (Å²) in [7, 11) is 0. The molecule has 1 aromatic heterocycles. The van der Waals surface area contributed by atoms with E-state index < -0.39 is 18.6 Å². The Balaban J connectivity index is 0.00000169. The van der Waals surface area contributed by atoms with Gasteiger partial charge in [-0.15, -0.1) is 23.7 Å². The van der Waals surface area contributed by atoms with Crippen LogP contribution in [0.2, 0.25) is 0 Å². The van der Waals surface area contributed by atoms with Crippen molar-refractivity contribution in [2.24, 2.45) is 5.73 Å². The quantitative estimate of drug-likeness (QED) is 0.901. The van der Waals surface area contributed by atoms with E-state index in [0.717, 1.165) is 11.3 Å². The summed E-state index contributed by atoms with van der Waals surface area (Å²) < 4.78 is 26.4. The highest BCUT2D eigenvalue weighted by Gasteiger charge is 2.38. The number of hydrogen-bond acceptors (Lipinski definition) is 3. The van der Waals surface area contributed by atoms with Gasteiger partial charge < -0.3 is 10.8 Å². The van der Waals surface area contributed by atoms with Crippen molar-refractivity contribution in [1.29, 1.82) is 0 Å². The number of rotatable bonds is 3. The van der Waals surface area contributed by atoms with E-state index in [2.05, 4.69) is 15.9 Å². The number of aliphatic hydroxyl groups excluding tert-OH is 1. The molecular formula is C7H9BrClF2NOS.